The van der Waals surface area contributed by atoms with Gasteiger partial charge in [-0.2, -0.15) is 4.98 Å². The Morgan fingerprint density at radius 3 is 2.79 bits per heavy atom. The fourth-order valence-corrected chi connectivity index (χ4v) is 3.61. The van der Waals surface area contributed by atoms with Crippen molar-refractivity contribution in [1.29, 1.82) is 0 Å². The van der Waals surface area contributed by atoms with E-state index in [2.05, 4.69) is 34.3 Å². The molecule has 0 spiro atoms. The SMILES string of the molecule is CC1(C)CN(C(=O)Nc2nc(Cc3ccc(F)cc3)no2)C1c1cccnc1. The Hall–Kier alpha value is -3.29. The van der Waals surface area contributed by atoms with Crippen molar-refractivity contribution in [2.75, 3.05) is 11.9 Å². The summed E-state index contributed by atoms with van der Waals surface area (Å²) in [5, 5.41) is 6.54. The van der Waals surface area contributed by atoms with Crippen LogP contribution in [0, 0.1) is 11.2 Å². The quantitative estimate of drug-likeness (QED) is 0.743. The third-order valence-electron chi connectivity index (χ3n) is 4.85. The molecule has 1 aliphatic rings. The molecule has 2 aromatic heterocycles. The molecular formula is C20H20FN5O2. The van der Waals surface area contributed by atoms with Crippen LogP contribution in [0.4, 0.5) is 15.2 Å². The lowest BCUT2D eigenvalue weighted by molar-refractivity contribution is -0.0119. The van der Waals surface area contributed by atoms with Crippen LogP contribution in [0.25, 0.3) is 0 Å². The number of rotatable bonds is 4. The molecule has 1 fully saturated rings. The number of likely N-dealkylation sites (tertiary alicyclic amines) is 1. The minimum Gasteiger partial charge on any atom is -0.316 e. The van der Waals surface area contributed by atoms with Crippen molar-refractivity contribution < 1.29 is 13.7 Å². The van der Waals surface area contributed by atoms with Crippen LogP contribution < -0.4 is 5.32 Å². The minimum atomic E-state index is -0.301. The van der Waals surface area contributed by atoms with Gasteiger partial charge in [0, 0.05) is 30.8 Å². The molecule has 8 heteroatoms. The number of benzene rings is 1. The van der Waals surface area contributed by atoms with Gasteiger partial charge in [-0.25, -0.2) is 9.18 Å². The topological polar surface area (TPSA) is 84.2 Å². The number of hydrogen-bond donors (Lipinski definition) is 1. The Morgan fingerprint density at radius 2 is 2.11 bits per heavy atom. The van der Waals surface area contributed by atoms with Crippen LogP contribution in [0.1, 0.15) is 36.8 Å². The van der Waals surface area contributed by atoms with E-state index in [1.165, 1.54) is 12.1 Å². The molecule has 2 amide bonds. The highest BCUT2D eigenvalue weighted by molar-refractivity contribution is 5.88. The molecule has 0 saturated carbocycles. The number of carbonyl (C=O) groups excluding carboxylic acids is 1. The Labute approximate surface area is 161 Å². The highest BCUT2D eigenvalue weighted by Gasteiger charge is 2.49. The number of pyridine rings is 1. The van der Waals surface area contributed by atoms with Gasteiger partial charge in [0.25, 0.3) is 0 Å². The number of nitrogens with zero attached hydrogens (tertiary/aromatic N) is 4. The van der Waals surface area contributed by atoms with Gasteiger partial charge in [0.1, 0.15) is 5.82 Å². The molecule has 1 aliphatic heterocycles. The summed E-state index contributed by atoms with van der Waals surface area (Å²) in [5.41, 5.74) is 1.78. The number of aromatic nitrogens is 3. The van der Waals surface area contributed by atoms with Crippen molar-refractivity contribution in [3.63, 3.8) is 0 Å². The second-order valence-electron chi connectivity index (χ2n) is 7.55. The average molecular weight is 381 g/mol. The maximum atomic E-state index is 13.0. The van der Waals surface area contributed by atoms with Crippen LogP contribution in [0.15, 0.2) is 53.3 Å². The van der Waals surface area contributed by atoms with Crippen LogP contribution in [0.5, 0.6) is 0 Å². The summed E-state index contributed by atoms with van der Waals surface area (Å²) in [5.74, 6) is 0.111. The number of amides is 2. The van der Waals surface area contributed by atoms with Crippen LogP contribution in [-0.4, -0.2) is 32.6 Å². The van der Waals surface area contributed by atoms with E-state index >= 15 is 0 Å². The fraction of sp³-hybridized carbons (Fsp3) is 0.300. The Morgan fingerprint density at radius 1 is 1.32 bits per heavy atom. The van der Waals surface area contributed by atoms with E-state index in [4.69, 9.17) is 4.52 Å². The zero-order valence-corrected chi connectivity index (χ0v) is 15.6. The van der Waals surface area contributed by atoms with Crippen molar-refractivity contribution in [3.8, 4) is 0 Å². The monoisotopic (exact) mass is 381 g/mol. The van der Waals surface area contributed by atoms with Crippen molar-refractivity contribution in [3.05, 3.63) is 71.6 Å². The maximum Gasteiger partial charge on any atom is 0.329 e. The summed E-state index contributed by atoms with van der Waals surface area (Å²) in [7, 11) is 0. The average Bonchev–Trinajstić information content (AvgIpc) is 3.09. The third kappa shape index (κ3) is 3.58. The first kappa shape index (κ1) is 18.1. The summed E-state index contributed by atoms with van der Waals surface area (Å²) in [4.78, 5) is 22.8. The standard InChI is InChI=1S/C20H20FN5O2/c1-20(2)12-26(17(20)14-4-3-9-22-11-14)19(27)24-18-23-16(25-28-18)10-13-5-7-15(21)8-6-13/h3-9,11,17H,10,12H2,1-2H3,(H,23,24,25,27). The minimum absolute atomic E-state index is 0.0387. The molecule has 1 aromatic carbocycles. The highest BCUT2D eigenvalue weighted by atomic mass is 19.1. The van der Waals surface area contributed by atoms with Crippen molar-refractivity contribution in [2.45, 2.75) is 26.3 Å². The van der Waals surface area contributed by atoms with E-state index in [0.717, 1.165) is 11.1 Å². The smallest absolute Gasteiger partial charge is 0.316 e. The number of halogens is 1. The normalized spacial score (nSPS) is 17.8. The number of urea groups is 1. The van der Waals surface area contributed by atoms with Crippen LogP contribution in [0.3, 0.4) is 0 Å². The second-order valence-corrected chi connectivity index (χ2v) is 7.55. The van der Waals surface area contributed by atoms with Gasteiger partial charge in [0.15, 0.2) is 5.82 Å². The second kappa shape index (κ2) is 7.03. The van der Waals surface area contributed by atoms with E-state index in [9.17, 15) is 9.18 Å². The molecule has 0 radical (unpaired) electrons. The molecule has 3 aromatic rings. The Balaban J connectivity index is 1.43. The van der Waals surface area contributed by atoms with Gasteiger partial charge in [-0.05, 0) is 29.3 Å². The van der Waals surface area contributed by atoms with Gasteiger partial charge >= 0.3 is 12.0 Å². The van der Waals surface area contributed by atoms with E-state index in [0.29, 0.717) is 18.8 Å². The van der Waals surface area contributed by atoms with Crippen molar-refractivity contribution in [1.82, 2.24) is 20.0 Å². The summed E-state index contributed by atoms with van der Waals surface area (Å²) in [6.07, 6.45) is 3.87. The lowest BCUT2D eigenvalue weighted by Crippen LogP contribution is -2.59. The first-order chi connectivity index (χ1) is 13.4. The van der Waals surface area contributed by atoms with Crippen LogP contribution >= 0.6 is 0 Å². The molecule has 28 heavy (non-hydrogen) atoms. The molecule has 4 rings (SSSR count). The van der Waals surface area contributed by atoms with Gasteiger partial charge in [0.05, 0.1) is 6.04 Å². The molecule has 1 atom stereocenters. The molecule has 0 bridgehead atoms. The lowest BCUT2D eigenvalue weighted by Gasteiger charge is -2.53. The molecule has 1 saturated heterocycles. The third-order valence-corrected chi connectivity index (χ3v) is 4.85. The van der Waals surface area contributed by atoms with Gasteiger partial charge in [-0.3, -0.25) is 10.3 Å². The predicted molar refractivity (Wildman–Crippen MR) is 100.0 cm³/mol. The zero-order valence-electron chi connectivity index (χ0n) is 15.6. The van der Waals surface area contributed by atoms with E-state index < -0.39 is 0 Å². The Kier molecular flexibility index (Phi) is 4.54. The van der Waals surface area contributed by atoms with Crippen molar-refractivity contribution >= 4 is 12.0 Å². The van der Waals surface area contributed by atoms with Gasteiger partial charge < -0.3 is 9.42 Å². The molecule has 7 nitrogen and oxygen atoms in total. The lowest BCUT2D eigenvalue weighted by atomic mass is 9.72. The number of anilines is 1. The molecular weight excluding hydrogens is 361 g/mol. The fourth-order valence-electron chi connectivity index (χ4n) is 3.61. The van der Waals surface area contributed by atoms with E-state index in [1.807, 2.05) is 12.1 Å². The van der Waals surface area contributed by atoms with E-state index in [1.54, 1.807) is 29.4 Å². The summed E-state index contributed by atoms with van der Waals surface area (Å²) in [6.45, 7) is 4.83. The highest BCUT2D eigenvalue weighted by Crippen LogP contribution is 2.48. The molecule has 0 aliphatic carbocycles. The first-order valence-corrected chi connectivity index (χ1v) is 8.97. The molecule has 1 N–H and O–H groups in total. The van der Waals surface area contributed by atoms with Gasteiger partial charge in [-0.15, -0.1) is 0 Å². The maximum absolute atomic E-state index is 13.0. The van der Waals surface area contributed by atoms with Crippen molar-refractivity contribution in [2.24, 2.45) is 5.41 Å². The van der Waals surface area contributed by atoms with Gasteiger partial charge in [0.2, 0.25) is 0 Å². The summed E-state index contributed by atoms with van der Waals surface area (Å²) in [6, 6.07) is 9.55. The largest absolute Gasteiger partial charge is 0.329 e. The number of hydrogen-bond acceptors (Lipinski definition) is 5. The van der Waals surface area contributed by atoms with E-state index in [-0.39, 0.29) is 29.3 Å². The van der Waals surface area contributed by atoms with Crippen LogP contribution in [-0.2, 0) is 6.42 Å². The summed E-state index contributed by atoms with van der Waals surface area (Å²) < 4.78 is 18.1. The molecule has 3 heterocycles. The first-order valence-electron chi connectivity index (χ1n) is 8.97. The molecule has 1 unspecified atom stereocenters. The predicted octanol–water partition coefficient (Wildman–Crippen LogP) is 3.81. The van der Waals surface area contributed by atoms with Gasteiger partial charge in [-0.1, -0.05) is 37.2 Å². The number of carbonyl (C=O) groups is 1. The van der Waals surface area contributed by atoms with Crippen LogP contribution in [0.2, 0.25) is 0 Å². The molecule has 144 valence electrons. The zero-order chi connectivity index (χ0) is 19.7. The number of nitrogens with one attached hydrogen (secondary N) is 1. The Bertz CT molecular complexity index is 972. The summed E-state index contributed by atoms with van der Waals surface area (Å²) >= 11 is 0.